The Labute approximate surface area is 228 Å². The first-order valence-electron chi connectivity index (χ1n) is 12.8. The van der Waals surface area contributed by atoms with Gasteiger partial charge in [-0.25, -0.2) is 9.13 Å². The zero-order valence-corrected chi connectivity index (χ0v) is 28.3. The summed E-state index contributed by atoms with van der Waals surface area (Å²) >= 11 is 0. The summed E-state index contributed by atoms with van der Waals surface area (Å²) in [6, 6.07) is 4.85. The first kappa shape index (κ1) is 35.6. The van der Waals surface area contributed by atoms with Crippen molar-refractivity contribution in [2.45, 2.75) is 130 Å². The fourth-order valence-electron chi connectivity index (χ4n) is 4.93. The number of nitrogens with zero attached hydrogens (tertiary/aromatic N) is 2. The second-order valence-corrected chi connectivity index (χ2v) is 23.8. The molecule has 0 aliphatic heterocycles. The third-order valence-electron chi connectivity index (χ3n) is 6.32. The predicted molar refractivity (Wildman–Crippen MR) is 158 cm³/mol. The average molecular weight is 609 g/mol. The molecule has 1 aromatic carbocycles. The van der Waals surface area contributed by atoms with E-state index in [9.17, 15) is 25.2 Å². The third kappa shape index (κ3) is 12.0. The van der Waals surface area contributed by atoms with E-state index < -0.39 is 7.81 Å². The SMILES string of the molecule is Cc1cc2c(cc1C)[n+](CP(C(C)(C)C)C(C)(C)C)cn2CP(C(C)(C)C)C(C)(C)C.F[P-](F)(F)(F)(F)F. The molecule has 2 rings (SSSR count). The van der Waals surface area contributed by atoms with Crippen molar-refractivity contribution in [1.29, 1.82) is 0 Å². The van der Waals surface area contributed by atoms with Crippen molar-refractivity contribution in [2.24, 2.45) is 0 Å². The van der Waals surface area contributed by atoms with Gasteiger partial charge in [0.15, 0.2) is 11.0 Å². The van der Waals surface area contributed by atoms with Gasteiger partial charge in [-0.05, 0) is 57.7 Å². The summed E-state index contributed by atoms with van der Waals surface area (Å²) in [6.45, 7) is 33.6. The molecule has 0 fully saturated rings. The Balaban J connectivity index is 0.000000905. The molecule has 0 spiro atoms. The van der Waals surface area contributed by atoms with Gasteiger partial charge in [0.2, 0.25) is 6.33 Å². The predicted octanol–water partition coefficient (Wildman–Crippen LogP) is 12.0. The van der Waals surface area contributed by atoms with Crippen molar-refractivity contribution in [2.75, 3.05) is 0 Å². The maximum atomic E-state index is 9.87. The van der Waals surface area contributed by atoms with E-state index in [4.69, 9.17) is 0 Å². The Hall–Kier alpha value is -0.440. The topological polar surface area (TPSA) is 8.81 Å². The normalized spacial score (nSPS) is 15.9. The summed E-state index contributed by atoms with van der Waals surface area (Å²) < 4.78 is 64.4. The molecule has 0 aliphatic rings. The van der Waals surface area contributed by atoms with Gasteiger partial charge in [-0.15, -0.1) is 0 Å². The first-order valence-corrected chi connectivity index (χ1v) is 17.9. The van der Waals surface area contributed by atoms with Crippen LogP contribution in [0.15, 0.2) is 18.5 Å². The molecule has 0 unspecified atom stereocenters. The maximum absolute atomic E-state index is 10.7. The van der Waals surface area contributed by atoms with Crippen molar-refractivity contribution in [3.05, 3.63) is 29.6 Å². The molecule has 0 N–H and O–H groups in total. The van der Waals surface area contributed by atoms with Crippen LogP contribution in [0.4, 0.5) is 25.2 Å². The van der Waals surface area contributed by atoms with Gasteiger partial charge < -0.3 is 0 Å². The van der Waals surface area contributed by atoms with Crippen molar-refractivity contribution >= 4 is 34.7 Å². The van der Waals surface area contributed by atoms with Crippen LogP contribution in [0, 0.1) is 13.8 Å². The van der Waals surface area contributed by atoms with Crippen molar-refractivity contribution in [3.63, 3.8) is 0 Å². The van der Waals surface area contributed by atoms with Crippen LogP contribution >= 0.6 is 23.7 Å². The minimum atomic E-state index is -10.7. The van der Waals surface area contributed by atoms with Crippen LogP contribution in [0.5, 0.6) is 0 Å². The van der Waals surface area contributed by atoms with Crippen molar-refractivity contribution < 1.29 is 29.7 Å². The molecular weight excluding hydrogens is 559 g/mol. The number of fused-ring (bicyclic) bond motifs is 1. The molecule has 11 heteroatoms. The molecule has 1 heterocycles. The van der Waals surface area contributed by atoms with Crippen LogP contribution in [-0.4, -0.2) is 25.2 Å². The molecule has 0 radical (unpaired) electrons. The summed E-state index contributed by atoms with van der Waals surface area (Å²) in [5, 5.41) is 1.27. The van der Waals surface area contributed by atoms with Gasteiger partial charge in [-0.3, -0.25) is 0 Å². The van der Waals surface area contributed by atoms with Crippen molar-refractivity contribution in [1.82, 2.24) is 4.57 Å². The van der Waals surface area contributed by atoms with E-state index in [1.165, 1.54) is 22.2 Å². The van der Waals surface area contributed by atoms with E-state index in [2.05, 4.69) is 125 Å². The van der Waals surface area contributed by atoms with Crippen LogP contribution in [0.2, 0.25) is 0 Å². The fraction of sp³-hybridized carbons (Fsp3) is 0.741. The van der Waals surface area contributed by atoms with Crippen LogP contribution in [-0.2, 0) is 12.6 Å². The van der Waals surface area contributed by atoms with Gasteiger partial charge in [-0.1, -0.05) is 98.9 Å². The Morgan fingerprint density at radius 1 is 0.658 bits per heavy atom. The van der Waals surface area contributed by atoms with Crippen LogP contribution in [0.25, 0.3) is 11.0 Å². The Morgan fingerprint density at radius 2 is 1.00 bits per heavy atom. The molecule has 0 amide bonds. The van der Waals surface area contributed by atoms with Gasteiger partial charge in [0, 0.05) is 0 Å². The molecule has 1 aromatic heterocycles. The quantitative estimate of drug-likeness (QED) is 0.186. The standard InChI is InChI=1S/C27H49N2P2.F6P/c1-20-15-22-23(16-21(20)2)29(19-31(26(9,10)11)27(12,13)14)17-28(22)18-30(24(3,4)5)25(6,7)8;1-7(2,3,4,5)6/h15-17H,18-19H2,1-14H3;/q+1;-1. The number of hydrogen-bond donors (Lipinski definition) is 0. The Morgan fingerprint density at radius 3 is 1.34 bits per heavy atom. The molecule has 38 heavy (non-hydrogen) atoms. The summed E-state index contributed by atoms with van der Waals surface area (Å²) in [7, 11) is -11.1. The number of aromatic nitrogens is 2. The van der Waals surface area contributed by atoms with E-state index in [0.717, 1.165) is 12.6 Å². The molecule has 224 valence electrons. The number of rotatable bonds is 4. The number of aryl methyl sites for hydroxylation is 2. The Bertz CT molecular complexity index is 1010. The molecule has 0 aliphatic carbocycles. The molecule has 0 atom stereocenters. The van der Waals surface area contributed by atoms with Crippen LogP contribution in [0.3, 0.4) is 0 Å². The monoisotopic (exact) mass is 608 g/mol. The second kappa shape index (κ2) is 10.1. The van der Waals surface area contributed by atoms with Crippen LogP contribution < -0.4 is 4.57 Å². The average Bonchev–Trinajstić information content (AvgIpc) is 2.88. The minimum absolute atomic E-state index is 0.207. The summed E-state index contributed by atoms with van der Waals surface area (Å²) in [6.07, 6.45) is 4.69. The zero-order chi connectivity index (χ0) is 30.6. The zero-order valence-electron chi connectivity index (χ0n) is 25.7. The van der Waals surface area contributed by atoms with Gasteiger partial charge in [0.05, 0.1) is 0 Å². The first-order chi connectivity index (χ1) is 16.2. The molecule has 0 bridgehead atoms. The fourth-order valence-corrected chi connectivity index (χ4v) is 11.7. The summed E-state index contributed by atoms with van der Waals surface area (Å²) in [5.41, 5.74) is 5.59. The molecule has 0 saturated carbocycles. The Kier molecular flexibility index (Phi) is 9.49. The van der Waals surface area contributed by atoms with E-state index >= 15 is 0 Å². The number of imidazole rings is 1. The van der Waals surface area contributed by atoms with Gasteiger partial charge >= 0.3 is 33.0 Å². The number of hydrogen-bond acceptors (Lipinski definition) is 0. The van der Waals surface area contributed by atoms with E-state index in [-0.39, 0.29) is 15.8 Å². The van der Waals surface area contributed by atoms with Crippen molar-refractivity contribution in [3.8, 4) is 0 Å². The molecule has 0 saturated heterocycles. The molecule has 2 nitrogen and oxygen atoms in total. The second-order valence-electron chi connectivity index (χ2n) is 14.3. The van der Waals surface area contributed by atoms with Gasteiger partial charge in [-0.2, -0.15) is 0 Å². The third-order valence-corrected chi connectivity index (χ3v) is 14.0. The molecule has 2 aromatic rings. The number of benzene rings is 1. The van der Waals surface area contributed by atoms with Crippen LogP contribution in [0.1, 0.15) is 94.2 Å². The molecular formula is C27H49F6N2P3. The summed E-state index contributed by atoms with van der Waals surface area (Å²) in [4.78, 5) is 0. The van der Waals surface area contributed by atoms with E-state index in [1.54, 1.807) is 0 Å². The van der Waals surface area contributed by atoms with E-state index in [0.29, 0.717) is 20.6 Å². The van der Waals surface area contributed by atoms with Gasteiger partial charge in [0.1, 0.15) is 12.6 Å². The number of halogens is 6. The van der Waals surface area contributed by atoms with E-state index in [1.807, 2.05) is 0 Å². The van der Waals surface area contributed by atoms with Gasteiger partial charge in [0.25, 0.3) is 0 Å². The summed E-state index contributed by atoms with van der Waals surface area (Å²) in [5.74, 6) is 0.